The molecule has 0 saturated heterocycles. The molecule has 1 aliphatic carbocycles. The van der Waals surface area contributed by atoms with E-state index >= 15 is 0 Å². The van der Waals surface area contributed by atoms with E-state index in [-0.39, 0.29) is 17.1 Å². The normalized spacial score (nSPS) is 22.9. The molecule has 0 amide bonds. The number of phenols is 1. The summed E-state index contributed by atoms with van der Waals surface area (Å²) < 4.78 is 4.72. The van der Waals surface area contributed by atoms with E-state index in [1.54, 1.807) is 12.1 Å². The second-order valence-electron chi connectivity index (χ2n) is 4.66. The Bertz CT molecular complexity index is 425. The summed E-state index contributed by atoms with van der Waals surface area (Å²) in [6, 6.07) is 5.40. The van der Waals surface area contributed by atoms with Crippen molar-refractivity contribution in [1.29, 1.82) is 0 Å². The smallest absolute Gasteiger partial charge is 0.306 e. The fraction of sp³-hybridized carbons (Fsp3) is 0.462. The lowest BCUT2D eigenvalue weighted by molar-refractivity contribution is -0.142. The second-order valence-corrected chi connectivity index (χ2v) is 4.66. The first-order valence-corrected chi connectivity index (χ1v) is 5.44. The number of methoxy groups -OCH3 is 1. The van der Waals surface area contributed by atoms with E-state index in [1.165, 1.54) is 12.7 Å². The largest absolute Gasteiger partial charge is 0.508 e. The summed E-state index contributed by atoms with van der Waals surface area (Å²) in [7, 11) is 1.41. The Kier molecular flexibility index (Phi) is 2.62. The zero-order valence-electron chi connectivity index (χ0n) is 9.62. The van der Waals surface area contributed by atoms with Gasteiger partial charge >= 0.3 is 5.97 Å². The van der Waals surface area contributed by atoms with Gasteiger partial charge in [0.2, 0.25) is 0 Å². The minimum atomic E-state index is -0.196. The highest BCUT2D eigenvalue weighted by atomic mass is 16.5. The summed E-state index contributed by atoms with van der Waals surface area (Å²) in [4.78, 5) is 11.4. The summed E-state index contributed by atoms with van der Waals surface area (Å²) in [6.45, 7) is 2.05. The number of rotatable bonds is 2. The average Bonchev–Trinajstić information content (AvgIpc) is 2.56. The monoisotopic (exact) mass is 220 g/mol. The van der Waals surface area contributed by atoms with Crippen LogP contribution in [0.1, 0.15) is 30.9 Å². The van der Waals surface area contributed by atoms with E-state index in [0.29, 0.717) is 6.42 Å². The van der Waals surface area contributed by atoms with Gasteiger partial charge in [-0.05, 0) is 36.1 Å². The van der Waals surface area contributed by atoms with Crippen LogP contribution < -0.4 is 0 Å². The van der Waals surface area contributed by atoms with E-state index < -0.39 is 0 Å². The van der Waals surface area contributed by atoms with E-state index in [4.69, 9.17) is 4.74 Å². The molecule has 0 aromatic heterocycles. The number of aryl methyl sites for hydroxylation is 1. The molecule has 0 bridgehead atoms. The Balaban J connectivity index is 2.33. The van der Waals surface area contributed by atoms with Crippen molar-refractivity contribution < 1.29 is 14.6 Å². The lowest BCUT2D eigenvalue weighted by Crippen LogP contribution is -2.23. The van der Waals surface area contributed by atoms with Crippen molar-refractivity contribution >= 4 is 5.97 Å². The topological polar surface area (TPSA) is 46.5 Å². The molecule has 16 heavy (non-hydrogen) atoms. The van der Waals surface area contributed by atoms with Crippen molar-refractivity contribution in [2.24, 2.45) is 0 Å². The Hall–Kier alpha value is -1.51. The highest BCUT2D eigenvalue weighted by molar-refractivity contribution is 5.72. The van der Waals surface area contributed by atoms with Gasteiger partial charge in [-0.1, -0.05) is 13.0 Å². The molecule has 0 fully saturated rings. The van der Waals surface area contributed by atoms with Crippen LogP contribution in [0.5, 0.6) is 5.75 Å². The third kappa shape index (κ3) is 1.77. The quantitative estimate of drug-likeness (QED) is 0.777. The Morgan fingerprint density at radius 3 is 3.00 bits per heavy atom. The maximum atomic E-state index is 11.4. The summed E-state index contributed by atoms with van der Waals surface area (Å²) in [6.07, 6.45) is 2.27. The van der Waals surface area contributed by atoms with Crippen molar-refractivity contribution in [3.8, 4) is 5.75 Å². The molecule has 2 rings (SSSR count). The molecule has 0 unspecified atom stereocenters. The highest BCUT2D eigenvalue weighted by Gasteiger charge is 2.36. The predicted octanol–water partition coefficient (Wildman–Crippen LogP) is 2.16. The minimum absolute atomic E-state index is 0.193. The molecule has 1 atom stereocenters. The number of phenolic OH excluding ortho intramolecular Hbond substituents is 1. The number of fused-ring (bicyclic) bond motifs is 1. The van der Waals surface area contributed by atoms with Gasteiger partial charge in [0.25, 0.3) is 0 Å². The first-order valence-electron chi connectivity index (χ1n) is 5.44. The molecule has 3 heteroatoms. The number of carbonyl (C=O) groups is 1. The second kappa shape index (κ2) is 3.81. The Labute approximate surface area is 95.0 Å². The van der Waals surface area contributed by atoms with Crippen molar-refractivity contribution in [2.75, 3.05) is 7.11 Å². The van der Waals surface area contributed by atoms with Crippen LogP contribution >= 0.6 is 0 Å². The van der Waals surface area contributed by atoms with Gasteiger partial charge in [0.15, 0.2) is 0 Å². The van der Waals surface area contributed by atoms with E-state index in [2.05, 4.69) is 6.92 Å². The van der Waals surface area contributed by atoms with Crippen LogP contribution in [0.3, 0.4) is 0 Å². The van der Waals surface area contributed by atoms with Crippen LogP contribution in [0.2, 0.25) is 0 Å². The van der Waals surface area contributed by atoms with Crippen LogP contribution in [0.4, 0.5) is 0 Å². The lowest BCUT2D eigenvalue weighted by Gasteiger charge is -2.23. The lowest BCUT2D eigenvalue weighted by atomic mass is 9.81. The molecule has 1 aromatic carbocycles. The molecule has 3 nitrogen and oxygen atoms in total. The number of aromatic hydroxyl groups is 1. The number of esters is 1. The molecule has 1 aromatic rings. The van der Waals surface area contributed by atoms with Gasteiger partial charge < -0.3 is 9.84 Å². The van der Waals surface area contributed by atoms with Crippen molar-refractivity contribution in [1.82, 2.24) is 0 Å². The van der Waals surface area contributed by atoms with E-state index in [9.17, 15) is 9.90 Å². The third-order valence-electron chi connectivity index (χ3n) is 3.45. The van der Waals surface area contributed by atoms with Crippen molar-refractivity contribution in [3.63, 3.8) is 0 Å². The van der Waals surface area contributed by atoms with Crippen molar-refractivity contribution in [2.45, 2.75) is 31.6 Å². The molecule has 1 N–H and O–H groups in total. The first-order chi connectivity index (χ1) is 7.55. The minimum Gasteiger partial charge on any atom is -0.508 e. The standard InChI is InChI=1S/C13H16O3/c1-13(8-12(15)16-2)6-5-9-3-4-10(14)7-11(9)13/h3-4,7,14H,5-6,8H2,1-2H3/t13-/m1/s1. The molecule has 0 heterocycles. The van der Waals surface area contributed by atoms with Crippen LogP contribution in [0.15, 0.2) is 18.2 Å². The molecule has 0 aliphatic heterocycles. The summed E-state index contributed by atoms with van der Waals surface area (Å²) >= 11 is 0. The number of hydrogen-bond acceptors (Lipinski definition) is 3. The van der Waals surface area contributed by atoms with E-state index in [1.807, 2.05) is 6.07 Å². The first kappa shape index (κ1) is 11.0. The fourth-order valence-corrected chi connectivity index (χ4v) is 2.46. The molecule has 0 saturated carbocycles. The number of benzene rings is 1. The van der Waals surface area contributed by atoms with Crippen LogP contribution in [0.25, 0.3) is 0 Å². The Morgan fingerprint density at radius 2 is 2.31 bits per heavy atom. The number of carbonyl (C=O) groups excluding carboxylic acids is 1. The zero-order valence-corrected chi connectivity index (χ0v) is 9.62. The summed E-state index contributed by atoms with van der Waals surface area (Å²) in [5, 5.41) is 9.50. The maximum Gasteiger partial charge on any atom is 0.306 e. The van der Waals surface area contributed by atoms with E-state index in [0.717, 1.165) is 18.4 Å². The molecule has 1 aliphatic rings. The average molecular weight is 220 g/mol. The maximum absolute atomic E-state index is 11.4. The zero-order chi connectivity index (χ0) is 11.8. The van der Waals surface area contributed by atoms with Gasteiger partial charge in [0.1, 0.15) is 5.75 Å². The molecular weight excluding hydrogens is 204 g/mol. The van der Waals surface area contributed by atoms with Crippen LogP contribution in [0, 0.1) is 0 Å². The van der Waals surface area contributed by atoms with Crippen LogP contribution in [-0.4, -0.2) is 18.2 Å². The van der Waals surface area contributed by atoms with Crippen LogP contribution in [-0.2, 0) is 21.4 Å². The number of hydrogen-bond donors (Lipinski definition) is 1. The summed E-state index contributed by atoms with van der Waals surface area (Å²) in [5.41, 5.74) is 2.11. The SMILES string of the molecule is COC(=O)C[C@@]1(C)CCc2ccc(O)cc21. The molecule has 0 radical (unpaired) electrons. The number of ether oxygens (including phenoxy) is 1. The molecule has 86 valence electrons. The fourth-order valence-electron chi connectivity index (χ4n) is 2.46. The summed E-state index contributed by atoms with van der Waals surface area (Å²) in [5.74, 6) is 0.0652. The Morgan fingerprint density at radius 1 is 1.56 bits per heavy atom. The van der Waals surface area contributed by atoms with Gasteiger partial charge in [-0.3, -0.25) is 4.79 Å². The van der Waals surface area contributed by atoms with Crippen molar-refractivity contribution in [3.05, 3.63) is 29.3 Å². The van der Waals surface area contributed by atoms with Gasteiger partial charge in [0, 0.05) is 5.41 Å². The molecule has 0 spiro atoms. The predicted molar refractivity (Wildman–Crippen MR) is 60.4 cm³/mol. The third-order valence-corrected chi connectivity index (χ3v) is 3.45. The van der Waals surface area contributed by atoms with Gasteiger partial charge in [0.05, 0.1) is 13.5 Å². The van der Waals surface area contributed by atoms with Gasteiger partial charge in [-0.15, -0.1) is 0 Å². The van der Waals surface area contributed by atoms with Gasteiger partial charge in [-0.25, -0.2) is 0 Å². The van der Waals surface area contributed by atoms with Gasteiger partial charge in [-0.2, -0.15) is 0 Å². The highest BCUT2D eigenvalue weighted by Crippen LogP contribution is 2.42. The molecular formula is C13H16O3.